The van der Waals surface area contributed by atoms with E-state index in [0.29, 0.717) is 0 Å². The van der Waals surface area contributed by atoms with Gasteiger partial charge >= 0.3 is 17.9 Å². The molecule has 0 radical (unpaired) electrons. The number of ether oxygens (including phenoxy) is 3. The monoisotopic (exact) mass is 324 g/mol. The Morgan fingerprint density at radius 2 is 1.91 bits per heavy atom. The summed E-state index contributed by atoms with van der Waals surface area (Å²) in [5.74, 6) is -2.49. The first-order valence-electron chi connectivity index (χ1n) is 6.54. The second-order valence-electron chi connectivity index (χ2n) is 4.25. The zero-order valence-electron chi connectivity index (χ0n) is 12.3. The highest BCUT2D eigenvalue weighted by molar-refractivity contribution is 5.91. The molecule has 0 amide bonds. The number of rotatable bonds is 7. The highest BCUT2D eigenvalue weighted by Gasteiger charge is 2.18. The van der Waals surface area contributed by atoms with Crippen molar-refractivity contribution in [3.05, 3.63) is 36.4 Å². The van der Waals surface area contributed by atoms with Crippen LogP contribution in [0, 0.1) is 0 Å². The normalized spacial score (nSPS) is 11.7. The van der Waals surface area contributed by atoms with E-state index in [-0.39, 0.29) is 24.5 Å². The van der Waals surface area contributed by atoms with E-state index in [1.54, 1.807) is 0 Å². The number of aromatic hydroxyl groups is 1. The molecule has 8 nitrogen and oxygen atoms in total. The van der Waals surface area contributed by atoms with E-state index < -0.39 is 24.0 Å². The van der Waals surface area contributed by atoms with E-state index in [2.05, 4.69) is 9.47 Å². The van der Waals surface area contributed by atoms with Gasteiger partial charge in [-0.15, -0.1) is 0 Å². The molecule has 0 aliphatic carbocycles. The van der Waals surface area contributed by atoms with Gasteiger partial charge in [0, 0.05) is 24.6 Å². The van der Waals surface area contributed by atoms with Crippen molar-refractivity contribution in [2.45, 2.75) is 12.5 Å². The first kappa shape index (κ1) is 18.2. The SMILES string of the molecule is COC(=O)C=CC(=O)OCCC(O)C(=O)Oc1cccc(O)c1. The van der Waals surface area contributed by atoms with Crippen LogP contribution in [-0.2, 0) is 23.9 Å². The van der Waals surface area contributed by atoms with Crippen molar-refractivity contribution in [2.24, 2.45) is 0 Å². The van der Waals surface area contributed by atoms with Crippen LogP contribution in [0.2, 0.25) is 0 Å². The van der Waals surface area contributed by atoms with Crippen molar-refractivity contribution in [3.8, 4) is 11.5 Å². The molecular formula is C15H16O8. The Labute approximate surface area is 131 Å². The van der Waals surface area contributed by atoms with E-state index in [1.165, 1.54) is 24.3 Å². The molecule has 0 aliphatic rings. The Bertz CT molecular complexity index is 593. The molecule has 0 bridgehead atoms. The first-order valence-corrected chi connectivity index (χ1v) is 6.54. The molecule has 124 valence electrons. The fourth-order valence-corrected chi connectivity index (χ4v) is 1.37. The highest BCUT2D eigenvalue weighted by Crippen LogP contribution is 2.18. The lowest BCUT2D eigenvalue weighted by molar-refractivity contribution is -0.147. The minimum absolute atomic E-state index is 0.0760. The van der Waals surface area contributed by atoms with Gasteiger partial charge in [0.15, 0.2) is 6.10 Å². The number of carbonyl (C=O) groups is 3. The number of benzene rings is 1. The molecule has 1 aromatic rings. The van der Waals surface area contributed by atoms with Crippen molar-refractivity contribution in [1.82, 2.24) is 0 Å². The Morgan fingerprint density at radius 3 is 2.57 bits per heavy atom. The van der Waals surface area contributed by atoms with Gasteiger partial charge in [-0.2, -0.15) is 0 Å². The van der Waals surface area contributed by atoms with Gasteiger partial charge in [-0.1, -0.05) is 6.07 Å². The van der Waals surface area contributed by atoms with E-state index in [9.17, 15) is 24.6 Å². The third kappa shape index (κ3) is 7.09. The topological polar surface area (TPSA) is 119 Å². The quantitative estimate of drug-likeness (QED) is 0.418. The second kappa shape index (κ2) is 9.21. The summed E-state index contributed by atoms with van der Waals surface area (Å²) in [6.45, 7) is -0.249. The fraction of sp³-hybridized carbons (Fsp3) is 0.267. The number of carbonyl (C=O) groups excluding carboxylic acids is 3. The number of phenolic OH excluding ortho intramolecular Hbond substituents is 1. The average Bonchev–Trinajstić information content (AvgIpc) is 2.52. The lowest BCUT2D eigenvalue weighted by Gasteiger charge is -2.10. The largest absolute Gasteiger partial charge is 0.508 e. The van der Waals surface area contributed by atoms with Crippen molar-refractivity contribution >= 4 is 17.9 Å². The molecule has 1 aromatic carbocycles. The predicted molar refractivity (Wildman–Crippen MR) is 76.5 cm³/mol. The Kier molecular flexibility index (Phi) is 7.28. The summed E-state index contributed by atoms with van der Waals surface area (Å²) in [6, 6.07) is 5.51. The number of phenols is 1. The summed E-state index contributed by atoms with van der Waals surface area (Å²) < 4.78 is 13.8. The van der Waals surface area contributed by atoms with Gasteiger partial charge in [0.2, 0.25) is 0 Å². The van der Waals surface area contributed by atoms with Crippen LogP contribution in [0.4, 0.5) is 0 Å². The maximum atomic E-state index is 11.6. The smallest absolute Gasteiger partial charge is 0.340 e. The average molecular weight is 324 g/mol. The zero-order chi connectivity index (χ0) is 17.2. The molecule has 0 fully saturated rings. The molecule has 2 N–H and O–H groups in total. The number of aliphatic hydroxyl groups is 1. The third-order valence-electron chi connectivity index (χ3n) is 2.50. The lowest BCUT2D eigenvalue weighted by atomic mass is 10.2. The number of hydrogen-bond acceptors (Lipinski definition) is 8. The molecule has 1 unspecified atom stereocenters. The summed E-state index contributed by atoms with van der Waals surface area (Å²) in [6.07, 6.45) is 0.0583. The van der Waals surface area contributed by atoms with Gasteiger partial charge in [0.25, 0.3) is 0 Å². The van der Waals surface area contributed by atoms with Crippen LogP contribution >= 0.6 is 0 Å². The van der Waals surface area contributed by atoms with Crippen LogP contribution in [0.25, 0.3) is 0 Å². The Morgan fingerprint density at radius 1 is 1.22 bits per heavy atom. The van der Waals surface area contributed by atoms with Crippen LogP contribution in [0.15, 0.2) is 36.4 Å². The highest BCUT2D eigenvalue weighted by atomic mass is 16.6. The molecule has 0 aliphatic heterocycles. The van der Waals surface area contributed by atoms with E-state index in [4.69, 9.17) is 4.74 Å². The van der Waals surface area contributed by atoms with Gasteiger partial charge in [-0.05, 0) is 12.1 Å². The van der Waals surface area contributed by atoms with Crippen molar-refractivity contribution < 1.29 is 38.8 Å². The van der Waals surface area contributed by atoms with Crippen molar-refractivity contribution in [3.63, 3.8) is 0 Å². The van der Waals surface area contributed by atoms with E-state index in [0.717, 1.165) is 19.3 Å². The molecule has 0 spiro atoms. The molecule has 0 saturated carbocycles. The third-order valence-corrected chi connectivity index (χ3v) is 2.50. The fourth-order valence-electron chi connectivity index (χ4n) is 1.37. The summed E-state index contributed by atoms with van der Waals surface area (Å²) in [4.78, 5) is 33.5. The summed E-state index contributed by atoms with van der Waals surface area (Å²) >= 11 is 0. The number of aliphatic hydroxyl groups excluding tert-OH is 1. The van der Waals surface area contributed by atoms with Gasteiger partial charge in [-0.3, -0.25) is 0 Å². The molecule has 0 aromatic heterocycles. The molecule has 0 saturated heterocycles. The number of hydrogen-bond donors (Lipinski definition) is 2. The van der Waals surface area contributed by atoms with Crippen LogP contribution in [0.3, 0.4) is 0 Å². The van der Waals surface area contributed by atoms with E-state index >= 15 is 0 Å². The zero-order valence-corrected chi connectivity index (χ0v) is 12.3. The van der Waals surface area contributed by atoms with Gasteiger partial charge in [0.1, 0.15) is 11.5 Å². The predicted octanol–water partition coefficient (Wildman–Crippen LogP) is 0.321. The second-order valence-corrected chi connectivity index (χ2v) is 4.25. The molecule has 1 atom stereocenters. The van der Waals surface area contributed by atoms with Gasteiger partial charge in [-0.25, -0.2) is 14.4 Å². The van der Waals surface area contributed by atoms with Crippen molar-refractivity contribution in [2.75, 3.05) is 13.7 Å². The maximum Gasteiger partial charge on any atom is 0.340 e. The minimum Gasteiger partial charge on any atom is -0.508 e. The standard InChI is InChI=1S/C15H16O8/c1-21-13(18)5-6-14(19)22-8-7-12(17)15(20)23-11-4-2-3-10(16)9-11/h2-6,9,12,16-17H,7-8H2,1H3. The Balaban J connectivity index is 2.34. The van der Waals surface area contributed by atoms with Gasteiger partial charge < -0.3 is 24.4 Å². The molecular weight excluding hydrogens is 308 g/mol. The van der Waals surface area contributed by atoms with Gasteiger partial charge in [0.05, 0.1) is 13.7 Å². The minimum atomic E-state index is -1.50. The molecule has 0 heterocycles. The molecule has 1 rings (SSSR count). The lowest BCUT2D eigenvalue weighted by Crippen LogP contribution is -2.27. The Hall–Kier alpha value is -2.87. The summed E-state index contributed by atoms with van der Waals surface area (Å²) in [7, 11) is 1.16. The maximum absolute atomic E-state index is 11.6. The number of esters is 3. The number of methoxy groups -OCH3 is 1. The van der Waals surface area contributed by atoms with E-state index in [1.807, 2.05) is 0 Å². The molecule has 23 heavy (non-hydrogen) atoms. The van der Waals surface area contributed by atoms with Crippen LogP contribution in [0.5, 0.6) is 11.5 Å². The summed E-state index contributed by atoms with van der Waals surface area (Å²) in [5, 5.41) is 18.8. The van der Waals surface area contributed by atoms with Crippen LogP contribution < -0.4 is 4.74 Å². The first-order chi connectivity index (χ1) is 10.9. The van der Waals surface area contributed by atoms with Crippen LogP contribution in [-0.4, -0.2) is 47.9 Å². The van der Waals surface area contributed by atoms with Crippen LogP contribution in [0.1, 0.15) is 6.42 Å². The van der Waals surface area contributed by atoms with Crippen molar-refractivity contribution in [1.29, 1.82) is 0 Å². The molecule has 8 heteroatoms. The summed E-state index contributed by atoms with van der Waals surface area (Å²) in [5.41, 5.74) is 0.